The predicted octanol–water partition coefficient (Wildman–Crippen LogP) is 2.31. The number of hydrogen-bond acceptors (Lipinski definition) is 5. The second-order valence-electron chi connectivity index (χ2n) is 5.46. The van der Waals surface area contributed by atoms with E-state index < -0.39 is 5.91 Å². The third kappa shape index (κ3) is 4.33. The molecule has 2 rings (SSSR count). The first-order valence-corrected chi connectivity index (χ1v) is 8.31. The Bertz CT molecular complexity index is 712. The Balaban J connectivity index is 1.98. The smallest absolute Gasteiger partial charge is 0.251 e. The van der Waals surface area contributed by atoms with Crippen molar-refractivity contribution in [2.24, 2.45) is 5.73 Å². The van der Waals surface area contributed by atoms with E-state index in [0.717, 1.165) is 11.3 Å². The molecule has 0 saturated heterocycles. The largest absolute Gasteiger partial charge is 0.497 e. The molecule has 1 unspecified atom stereocenters. The molecule has 24 heavy (non-hydrogen) atoms. The van der Waals surface area contributed by atoms with Gasteiger partial charge in [0.2, 0.25) is 5.91 Å². The van der Waals surface area contributed by atoms with E-state index in [1.807, 2.05) is 43.1 Å². The topological polar surface area (TPSA) is 84.7 Å². The quantitative estimate of drug-likeness (QED) is 0.805. The zero-order valence-corrected chi connectivity index (χ0v) is 14.7. The number of anilines is 1. The fourth-order valence-corrected chi connectivity index (χ4v) is 2.97. The lowest BCUT2D eigenvalue weighted by molar-refractivity contribution is -0.120. The fraction of sp³-hybridized carbons (Fsp3) is 0.294. The number of hydrogen-bond donors (Lipinski definition) is 2. The first kappa shape index (κ1) is 18.0. The minimum atomic E-state index is -0.550. The van der Waals surface area contributed by atoms with Crippen molar-refractivity contribution < 1.29 is 14.3 Å². The van der Waals surface area contributed by atoms with Gasteiger partial charge >= 0.3 is 0 Å². The minimum Gasteiger partial charge on any atom is -0.497 e. The van der Waals surface area contributed by atoms with E-state index in [1.54, 1.807) is 18.6 Å². The number of benzene rings is 1. The highest BCUT2D eigenvalue weighted by Crippen LogP contribution is 2.23. The van der Waals surface area contributed by atoms with Gasteiger partial charge in [-0.25, -0.2) is 0 Å². The molecule has 0 aliphatic rings. The van der Waals surface area contributed by atoms with Crippen LogP contribution >= 0.6 is 11.3 Å². The number of nitrogens with one attached hydrogen (secondary N) is 1. The Labute approximate surface area is 145 Å². The van der Waals surface area contributed by atoms with Gasteiger partial charge in [-0.15, -0.1) is 11.3 Å². The Morgan fingerprint density at radius 2 is 1.96 bits per heavy atom. The van der Waals surface area contributed by atoms with Crippen LogP contribution in [0.1, 0.15) is 22.8 Å². The van der Waals surface area contributed by atoms with E-state index in [1.165, 1.54) is 11.3 Å². The highest BCUT2D eigenvalue weighted by molar-refractivity contribution is 7.14. The molecule has 0 saturated carbocycles. The maximum Gasteiger partial charge on any atom is 0.251 e. The van der Waals surface area contributed by atoms with E-state index in [4.69, 9.17) is 10.5 Å². The van der Waals surface area contributed by atoms with Crippen molar-refractivity contribution in [2.75, 3.05) is 19.5 Å². The molecule has 0 bridgehead atoms. The van der Waals surface area contributed by atoms with Gasteiger partial charge in [-0.2, -0.15) is 0 Å². The van der Waals surface area contributed by atoms with Gasteiger partial charge in [-0.1, -0.05) is 12.1 Å². The number of carbonyl (C=O) groups excluding carboxylic acids is 2. The van der Waals surface area contributed by atoms with E-state index >= 15 is 0 Å². The lowest BCUT2D eigenvalue weighted by atomic mass is 10.2. The Morgan fingerprint density at radius 1 is 1.29 bits per heavy atom. The molecule has 0 radical (unpaired) electrons. The summed E-state index contributed by atoms with van der Waals surface area (Å²) in [5.74, 6) is 0.0608. The van der Waals surface area contributed by atoms with E-state index in [9.17, 15) is 9.59 Å². The van der Waals surface area contributed by atoms with Crippen LogP contribution in [0.25, 0.3) is 0 Å². The second-order valence-corrected chi connectivity index (χ2v) is 6.37. The highest BCUT2D eigenvalue weighted by Gasteiger charge is 2.20. The number of amides is 2. The summed E-state index contributed by atoms with van der Waals surface area (Å²) in [6.45, 7) is 2.43. The molecule has 1 atom stereocenters. The number of thiophene rings is 1. The van der Waals surface area contributed by atoms with Gasteiger partial charge in [0.15, 0.2) is 0 Å². The van der Waals surface area contributed by atoms with Crippen LogP contribution in [0.15, 0.2) is 35.7 Å². The summed E-state index contributed by atoms with van der Waals surface area (Å²) in [6, 6.07) is 8.94. The van der Waals surface area contributed by atoms with Crippen molar-refractivity contribution in [3.63, 3.8) is 0 Å². The van der Waals surface area contributed by atoms with Gasteiger partial charge in [-0.3, -0.25) is 14.5 Å². The molecule has 2 aromatic rings. The van der Waals surface area contributed by atoms with Crippen molar-refractivity contribution in [3.05, 3.63) is 46.8 Å². The zero-order chi connectivity index (χ0) is 17.7. The Morgan fingerprint density at radius 3 is 2.54 bits per heavy atom. The number of nitrogens with zero attached hydrogens (tertiary/aromatic N) is 1. The molecular weight excluding hydrogens is 326 g/mol. The summed E-state index contributed by atoms with van der Waals surface area (Å²) in [7, 11) is 3.50. The van der Waals surface area contributed by atoms with Crippen LogP contribution in [0.3, 0.4) is 0 Å². The standard InChI is InChI=1S/C17H21N3O3S/c1-11(16(22)19-17-14(15(18)21)8-9-24-17)20(2)10-12-4-6-13(23-3)7-5-12/h4-9,11H,10H2,1-3H3,(H2,18,21)(H,19,22). The van der Waals surface area contributed by atoms with Gasteiger partial charge in [0.05, 0.1) is 18.7 Å². The van der Waals surface area contributed by atoms with Crippen LogP contribution in [0, 0.1) is 0 Å². The number of likely N-dealkylation sites (N-methyl/N-ethyl adjacent to an activating group) is 1. The maximum absolute atomic E-state index is 12.4. The molecule has 1 aromatic heterocycles. The lowest BCUT2D eigenvalue weighted by Crippen LogP contribution is -2.39. The number of carbonyl (C=O) groups is 2. The number of rotatable bonds is 7. The van der Waals surface area contributed by atoms with Crippen molar-refractivity contribution >= 4 is 28.2 Å². The van der Waals surface area contributed by atoms with Gasteiger partial charge in [0.25, 0.3) is 5.91 Å². The van der Waals surface area contributed by atoms with Crippen LogP contribution in [-0.4, -0.2) is 36.9 Å². The maximum atomic E-state index is 12.4. The first-order valence-electron chi connectivity index (χ1n) is 7.43. The average Bonchev–Trinajstić information content (AvgIpc) is 3.03. The lowest BCUT2D eigenvalue weighted by Gasteiger charge is -2.24. The number of nitrogens with two attached hydrogens (primary N) is 1. The third-order valence-electron chi connectivity index (χ3n) is 3.80. The van der Waals surface area contributed by atoms with Crippen LogP contribution in [0.2, 0.25) is 0 Å². The molecular formula is C17H21N3O3S. The molecule has 2 amide bonds. The second kappa shape index (κ2) is 7.94. The molecule has 0 aliphatic heterocycles. The molecule has 1 heterocycles. The van der Waals surface area contributed by atoms with Crippen LogP contribution in [0.4, 0.5) is 5.00 Å². The molecule has 128 valence electrons. The van der Waals surface area contributed by atoms with Crippen LogP contribution in [0.5, 0.6) is 5.75 Å². The van der Waals surface area contributed by atoms with E-state index in [0.29, 0.717) is 17.1 Å². The van der Waals surface area contributed by atoms with Crippen molar-refractivity contribution in [1.29, 1.82) is 0 Å². The normalized spacial score (nSPS) is 12.0. The van der Waals surface area contributed by atoms with Gasteiger partial charge in [0, 0.05) is 6.54 Å². The molecule has 1 aromatic carbocycles. The fourth-order valence-electron chi connectivity index (χ4n) is 2.17. The molecule has 6 nitrogen and oxygen atoms in total. The zero-order valence-electron chi connectivity index (χ0n) is 13.9. The average molecular weight is 347 g/mol. The van der Waals surface area contributed by atoms with Gasteiger partial charge < -0.3 is 15.8 Å². The molecule has 0 spiro atoms. The molecule has 0 aliphatic carbocycles. The Kier molecular flexibility index (Phi) is 5.94. The van der Waals surface area contributed by atoms with Crippen molar-refractivity contribution in [2.45, 2.75) is 19.5 Å². The molecule has 0 fully saturated rings. The number of primary amides is 1. The number of ether oxygens (including phenoxy) is 1. The van der Waals surface area contributed by atoms with Crippen LogP contribution < -0.4 is 15.8 Å². The first-order chi connectivity index (χ1) is 11.4. The van der Waals surface area contributed by atoms with Crippen LogP contribution in [-0.2, 0) is 11.3 Å². The summed E-state index contributed by atoms with van der Waals surface area (Å²) in [5, 5.41) is 4.98. The summed E-state index contributed by atoms with van der Waals surface area (Å²) in [5.41, 5.74) is 6.70. The third-order valence-corrected chi connectivity index (χ3v) is 4.63. The monoisotopic (exact) mass is 347 g/mol. The van der Waals surface area contributed by atoms with E-state index in [2.05, 4.69) is 5.32 Å². The minimum absolute atomic E-state index is 0.184. The summed E-state index contributed by atoms with van der Waals surface area (Å²) < 4.78 is 5.13. The SMILES string of the molecule is COc1ccc(CN(C)C(C)C(=O)Nc2sccc2C(N)=O)cc1. The summed E-state index contributed by atoms with van der Waals surface area (Å²) in [6.07, 6.45) is 0. The van der Waals surface area contributed by atoms with E-state index in [-0.39, 0.29) is 11.9 Å². The summed E-state index contributed by atoms with van der Waals surface area (Å²) in [4.78, 5) is 25.6. The molecule has 7 heteroatoms. The Hall–Kier alpha value is -2.38. The molecule has 3 N–H and O–H groups in total. The van der Waals surface area contributed by atoms with Crippen molar-refractivity contribution in [3.8, 4) is 5.75 Å². The summed E-state index contributed by atoms with van der Waals surface area (Å²) >= 11 is 1.28. The predicted molar refractivity (Wildman–Crippen MR) is 95.4 cm³/mol. The number of methoxy groups -OCH3 is 1. The van der Waals surface area contributed by atoms with Crippen molar-refractivity contribution in [1.82, 2.24) is 4.90 Å². The van der Waals surface area contributed by atoms with Gasteiger partial charge in [0.1, 0.15) is 10.8 Å². The highest BCUT2D eigenvalue weighted by atomic mass is 32.1. The van der Waals surface area contributed by atoms with Gasteiger partial charge in [-0.05, 0) is 43.1 Å².